The van der Waals surface area contributed by atoms with Crippen LogP contribution in [0.25, 0.3) is 11.4 Å². The van der Waals surface area contributed by atoms with Crippen LogP contribution in [0.15, 0.2) is 36.5 Å². The fourth-order valence-corrected chi connectivity index (χ4v) is 2.95. The maximum Gasteiger partial charge on any atom is 0.327 e. The molecule has 5 nitrogen and oxygen atoms in total. The van der Waals surface area contributed by atoms with Gasteiger partial charge in [0.15, 0.2) is 6.04 Å². The summed E-state index contributed by atoms with van der Waals surface area (Å²) in [5.41, 5.74) is 1.61. The van der Waals surface area contributed by atoms with Gasteiger partial charge in [0.05, 0.1) is 5.69 Å². The van der Waals surface area contributed by atoms with Crippen molar-refractivity contribution in [3.63, 3.8) is 0 Å². The van der Waals surface area contributed by atoms with Crippen LogP contribution in [0.3, 0.4) is 0 Å². The summed E-state index contributed by atoms with van der Waals surface area (Å²) in [5, 5.41) is 9.57. The van der Waals surface area contributed by atoms with E-state index in [1.807, 2.05) is 53.0 Å². The minimum Gasteiger partial charge on any atom is -0.480 e. The zero-order valence-corrected chi connectivity index (χ0v) is 12.1. The fourth-order valence-electron chi connectivity index (χ4n) is 2.95. The Kier molecular flexibility index (Phi) is 3.75. The smallest absolute Gasteiger partial charge is 0.327 e. The lowest BCUT2D eigenvalue weighted by Crippen LogP contribution is -2.32. The third-order valence-corrected chi connectivity index (χ3v) is 3.95. The topological polar surface area (TPSA) is 58.4 Å². The number of carboxylic acids is 1. The lowest BCUT2D eigenvalue weighted by Gasteiger charge is -2.21. The Morgan fingerprint density at radius 1 is 1.24 bits per heavy atom. The van der Waals surface area contributed by atoms with E-state index < -0.39 is 12.0 Å². The minimum atomic E-state index is -0.824. The van der Waals surface area contributed by atoms with E-state index in [4.69, 9.17) is 0 Å². The Balaban J connectivity index is 1.96. The van der Waals surface area contributed by atoms with Crippen molar-refractivity contribution in [1.82, 2.24) is 14.5 Å². The van der Waals surface area contributed by atoms with Crippen molar-refractivity contribution in [3.05, 3.63) is 42.2 Å². The number of hydrogen-bond donors (Lipinski definition) is 1. The van der Waals surface area contributed by atoms with Gasteiger partial charge in [0, 0.05) is 18.8 Å². The molecule has 0 saturated carbocycles. The highest BCUT2D eigenvalue weighted by Gasteiger charge is 2.31. The highest BCUT2D eigenvalue weighted by atomic mass is 16.4. The summed E-state index contributed by atoms with van der Waals surface area (Å²) >= 11 is 0. The zero-order chi connectivity index (χ0) is 14.8. The van der Waals surface area contributed by atoms with Crippen molar-refractivity contribution >= 4 is 5.97 Å². The normalized spacial score (nSPS) is 17.0. The number of rotatable bonds is 4. The molecule has 1 fully saturated rings. The van der Waals surface area contributed by atoms with Crippen LogP contribution in [0, 0.1) is 0 Å². The van der Waals surface area contributed by atoms with Gasteiger partial charge in [-0.25, -0.2) is 4.98 Å². The largest absolute Gasteiger partial charge is 0.480 e. The average molecular weight is 285 g/mol. The molecule has 5 heteroatoms. The predicted molar refractivity (Wildman–Crippen MR) is 79.8 cm³/mol. The number of aromatic nitrogens is 2. The average Bonchev–Trinajstić information content (AvgIpc) is 3.10. The number of aliphatic carboxylic acids is 1. The summed E-state index contributed by atoms with van der Waals surface area (Å²) in [4.78, 5) is 18.2. The van der Waals surface area contributed by atoms with E-state index >= 15 is 0 Å². The van der Waals surface area contributed by atoms with Gasteiger partial charge in [-0.1, -0.05) is 30.3 Å². The number of carbonyl (C=O) groups is 1. The first kappa shape index (κ1) is 13.8. The Labute approximate surface area is 123 Å². The third kappa shape index (κ3) is 2.69. The molecule has 1 unspecified atom stereocenters. The van der Waals surface area contributed by atoms with Gasteiger partial charge in [0.2, 0.25) is 0 Å². The van der Waals surface area contributed by atoms with Crippen LogP contribution in [0.2, 0.25) is 0 Å². The number of nitrogens with zero attached hydrogens (tertiary/aromatic N) is 3. The lowest BCUT2D eigenvalue weighted by atomic mass is 10.2. The first-order valence-corrected chi connectivity index (χ1v) is 7.22. The quantitative estimate of drug-likeness (QED) is 0.936. The van der Waals surface area contributed by atoms with E-state index in [-0.39, 0.29) is 0 Å². The minimum absolute atomic E-state index is 0.616. The Bertz CT molecular complexity index is 630. The molecule has 1 aromatic carbocycles. The molecule has 1 atom stereocenters. The molecule has 21 heavy (non-hydrogen) atoms. The first-order chi connectivity index (χ1) is 10.2. The highest BCUT2D eigenvalue weighted by molar-refractivity contribution is 5.75. The van der Waals surface area contributed by atoms with Gasteiger partial charge in [-0.2, -0.15) is 0 Å². The first-order valence-electron chi connectivity index (χ1n) is 7.22. The summed E-state index contributed by atoms with van der Waals surface area (Å²) in [6.45, 7) is 1.66. The van der Waals surface area contributed by atoms with Crippen LogP contribution >= 0.6 is 0 Å². The summed E-state index contributed by atoms with van der Waals surface area (Å²) in [6.07, 6.45) is 3.95. The standard InChI is InChI=1S/C16H19N3O2/c1-18-11-13(14(16(20)21)19-9-5-6-10-19)17-15(18)12-7-3-2-4-8-12/h2-4,7-8,11,14H,5-6,9-10H2,1H3,(H,20,21). The summed E-state index contributed by atoms with van der Waals surface area (Å²) in [6, 6.07) is 9.20. The van der Waals surface area contributed by atoms with E-state index in [1.54, 1.807) is 0 Å². The molecule has 0 aliphatic carbocycles. The fraction of sp³-hybridized carbons (Fsp3) is 0.375. The van der Waals surface area contributed by atoms with Gasteiger partial charge >= 0.3 is 5.97 Å². The number of benzene rings is 1. The molecule has 1 aliphatic rings. The van der Waals surface area contributed by atoms with Gasteiger partial charge in [0.25, 0.3) is 0 Å². The van der Waals surface area contributed by atoms with Gasteiger partial charge in [-0.3, -0.25) is 9.69 Å². The van der Waals surface area contributed by atoms with Crippen molar-refractivity contribution in [3.8, 4) is 11.4 Å². The van der Waals surface area contributed by atoms with Crippen LogP contribution in [-0.4, -0.2) is 38.6 Å². The molecule has 3 rings (SSSR count). The maximum atomic E-state index is 11.7. The maximum absolute atomic E-state index is 11.7. The molecule has 1 saturated heterocycles. The van der Waals surface area contributed by atoms with Gasteiger partial charge in [0.1, 0.15) is 5.82 Å². The van der Waals surface area contributed by atoms with Crippen LogP contribution in [0.5, 0.6) is 0 Å². The number of likely N-dealkylation sites (tertiary alicyclic amines) is 1. The second kappa shape index (κ2) is 5.69. The molecule has 0 radical (unpaired) electrons. The summed E-state index contributed by atoms with van der Waals surface area (Å²) in [7, 11) is 1.90. The van der Waals surface area contributed by atoms with Crippen LogP contribution in [0.4, 0.5) is 0 Å². The second-order valence-electron chi connectivity index (χ2n) is 5.45. The van der Waals surface area contributed by atoms with E-state index in [1.165, 1.54) is 0 Å². The summed E-state index contributed by atoms with van der Waals surface area (Å²) in [5.74, 6) is -0.0225. The van der Waals surface area contributed by atoms with Gasteiger partial charge in [-0.15, -0.1) is 0 Å². The molecular weight excluding hydrogens is 266 g/mol. The molecule has 1 N–H and O–H groups in total. The molecule has 1 aliphatic heterocycles. The zero-order valence-electron chi connectivity index (χ0n) is 12.1. The monoisotopic (exact) mass is 285 g/mol. The van der Waals surface area contributed by atoms with Gasteiger partial charge in [-0.05, 0) is 25.9 Å². The third-order valence-electron chi connectivity index (χ3n) is 3.95. The Hall–Kier alpha value is -2.14. The highest BCUT2D eigenvalue weighted by Crippen LogP contribution is 2.27. The van der Waals surface area contributed by atoms with Crippen LogP contribution in [-0.2, 0) is 11.8 Å². The lowest BCUT2D eigenvalue weighted by molar-refractivity contribution is -0.143. The number of hydrogen-bond acceptors (Lipinski definition) is 3. The number of aryl methyl sites for hydroxylation is 1. The number of carboxylic acid groups (broad SMARTS) is 1. The molecule has 0 spiro atoms. The summed E-state index contributed by atoms with van der Waals surface area (Å²) < 4.78 is 1.90. The van der Waals surface area contributed by atoms with E-state index in [2.05, 4.69) is 4.98 Å². The molecule has 0 bridgehead atoms. The van der Waals surface area contributed by atoms with Crippen molar-refractivity contribution < 1.29 is 9.90 Å². The second-order valence-corrected chi connectivity index (χ2v) is 5.45. The Morgan fingerprint density at radius 3 is 2.52 bits per heavy atom. The van der Waals surface area contributed by atoms with Crippen LogP contribution < -0.4 is 0 Å². The van der Waals surface area contributed by atoms with Crippen LogP contribution in [0.1, 0.15) is 24.6 Å². The Morgan fingerprint density at radius 2 is 1.90 bits per heavy atom. The van der Waals surface area contributed by atoms with E-state index in [0.717, 1.165) is 37.3 Å². The molecule has 2 aromatic rings. The van der Waals surface area contributed by atoms with Crippen molar-refractivity contribution in [2.75, 3.05) is 13.1 Å². The van der Waals surface area contributed by atoms with Gasteiger partial charge < -0.3 is 9.67 Å². The van der Waals surface area contributed by atoms with Crippen molar-refractivity contribution in [1.29, 1.82) is 0 Å². The molecule has 2 heterocycles. The predicted octanol–water partition coefficient (Wildman–Crippen LogP) is 2.31. The number of imidazole rings is 1. The van der Waals surface area contributed by atoms with E-state index in [9.17, 15) is 9.90 Å². The molecule has 110 valence electrons. The van der Waals surface area contributed by atoms with Crippen molar-refractivity contribution in [2.24, 2.45) is 7.05 Å². The molecular formula is C16H19N3O2. The molecule has 1 aromatic heterocycles. The van der Waals surface area contributed by atoms with Crippen molar-refractivity contribution in [2.45, 2.75) is 18.9 Å². The SMILES string of the molecule is Cn1cc(C(C(=O)O)N2CCCC2)nc1-c1ccccc1. The molecule has 0 amide bonds. The van der Waals surface area contributed by atoms with E-state index in [0.29, 0.717) is 5.69 Å².